The lowest BCUT2D eigenvalue weighted by Crippen LogP contribution is -2.39. The highest BCUT2D eigenvalue weighted by Gasteiger charge is 2.47. The number of hydrogen-bond donors (Lipinski definition) is 1. The minimum absolute atomic E-state index is 0.0157. The van der Waals surface area contributed by atoms with E-state index in [-0.39, 0.29) is 11.7 Å². The first kappa shape index (κ1) is 15.2. The average molecular weight is 293 g/mol. The quantitative estimate of drug-likeness (QED) is 0.834. The molecular weight excluding hydrogens is 274 g/mol. The molecule has 1 aliphatic rings. The maximum atomic E-state index is 11.6. The van der Waals surface area contributed by atoms with Gasteiger partial charge in [0.25, 0.3) is 0 Å². The molecule has 1 unspecified atom stereocenters. The maximum Gasteiger partial charge on any atom is 0.376 e. The molecule has 1 atom stereocenters. The molecule has 1 fully saturated rings. The molecule has 7 heteroatoms. The third-order valence-corrected chi connectivity index (χ3v) is 4.16. The Bertz CT molecular complexity index is 561. The molecule has 7 nitrogen and oxygen atoms in total. The van der Waals surface area contributed by atoms with Crippen molar-refractivity contribution in [1.82, 2.24) is 9.97 Å². The number of carboxylic acids is 1. The number of rotatable bonds is 4. The van der Waals surface area contributed by atoms with Crippen molar-refractivity contribution in [3.8, 4) is 0 Å². The number of aliphatic carboxylic acids is 1. The standard InChI is InChI=1S/C14H19N3O4/c1-9(2)14(13(19)20)5-7-17(8-14)10-4-6-15-11(16-10)12(18)21-3/h4,6,9H,5,7-8H2,1-3H3,(H,19,20). The number of carbonyl (C=O) groups is 2. The number of aromatic nitrogens is 2. The number of nitrogens with zero attached hydrogens (tertiary/aromatic N) is 3. The fourth-order valence-corrected chi connectivity index (χ4v) is 2.64. The first-order valence-corrected chi connectivity index (χ1v) is 6.80. The number of methoxy groups -OCH3 is 1. The summed E-state index contributed by atoms with van der Waals surface area (Å²) in [5.41, 5.74) is -0.781. The first-order chi connectivity index (χ1) is 9.90. The highest BCUT2D eigenvalue weighted by atomic mass is 16.5. The Morgan fingerprint density at radius 3 is 2.71 bits per heavy atom. The van der Waals surface area contributed by atoms with Gasteiger partial charge in [-0.2, -0.15) is 0 Å². The lowest BCUT2D eigenvalue weighted by Gasteiger charge is -2.28. The molecule has 1 aliphatic heterocycles. The van der Waals surface area contributed by atoms with Crippen LogP contribution in [0.4, 0.5) is 5.82 Å². The van der Waals surface area contributed by atoms with Crippen LogP contribution < -0.4 is 4.90 Å². The zero-order chi connectivity index (χ0) is 15.6. The molecule has 0 spiro atoms. The van der Waals surface area contributed by atoms with Crippen LogP contribution in [0.25, 0.3) is 0 Å². The Morgan fingerprint density at radius 2 is 2.19 bits per heavy atom. The van der Waals surface area contributed by atoms with E-state index in [9.17, 15) is 14.7 Å². The smallest absolute Gasteiger partial charge is 0.376 e. The second-order valence-electron chi connectivity index (χ2n) is 5.52. The summed E-state index contributed by atoms with van der Waals surface area (Å²) >= 11 is 0. The third-order valence-electron chi connectivity index (χ3n) is 4.16. The molecule has 0 bridgehead atoms. The molecule has 0 radical (unpaired) electrons. The molecule has 1 saturated heterocycles. The number of carbonyl (C=O) groups excluding carboxylic acids is 1. The average Bonchev–Trinajstić information content (AvgIpc) is 2.93. The van der Waals surface area contributed by atoms with Crippen molar-refractivity contribution in [2.24, 2.45) is 11.3 Å². The van der Waals surface area contributed by atoms with Gasteiger partial charge in [0.15, 0.2) is 0 Å². The van der Waals surface area contributed by atoms with E-state index in [1.165, 1.54) is 13.3 Å². The van der Waals surface area contributed by atoms with Crippen LogP contribution in [0.1, 0.15) is 30.9 Å². The first-order valence-electron chi connectivity index (χ1n) is 6.80. The molecular formula is C14H19N3O4. The minimum atomic E-state index is -0.790. The van der Waals surface area contributed by atoms with Crippen molar-refractivity contribution < 1.29 is 19.4 Å². The van der Waals surface area contributed by atoms with Crippen molar-refractivity contribution in [3.63, 3.8) is 0 Å². The minimum Gasteiger partial charge on any atom is -0.481 e. The number of anilines is 1. The van der Waals surface area contributed by atoms with Crippen LogP contribution >= 0.6 is 0 Å². The SMILES string of the molecule is COC(=O)c1nccc(N2CCC(C(=O)O)(C(C)C)C2)n1. The van der Waals surface area contributed by atoms with E-state index < -0.39 is 17.4 Å². The predicted octanol–water partition coefficient (Wildman–Crippen LogP) is 1.20. The van der Waals surface area contributed by atoms with E-state index in [1.54, 1.807) is 6.07 Å². The third kappa shape index (κ3) is 2.68. The number of esters is 1. The maximum absolute atomic E-state index is 11.6. The van der Waals surface area contributed by atoms with Crippen molar-refractivity contribution in [1.29, 1.82) is 0 Å². The summed E-state index contributed by atoms with van der Waals surface area (Å²) in [5.74, 6) is -0.852. The molecule has 0 aromatic carbocycles. The summed E-state index contributed by atoms with van der Waals surface area (Å²) in [6.45, 7) is 4.79. The Balaban J connectivity index is 2.25. The molecule has 1 aromatic rings. The van der Waals surface area contributed by atoms with Gasteiger partial charge in [-0.15, -0.1) is 0 Å². The van der Waals surface area contributed by atoms with Crippen LogP contribution in [0.3, 0.4) is 0 Å². The lowest BCUT2D eigenvalue weighted by atomic mass is 9.76. The molecule has 0 aliphatic carbocycles. The topological polar surface area (TPSA) is 92.6 Å². The van der Waals surface area contributed by atoms with Crippen LogP contribution in [-0.2, 0) is 9.53 Å². The molecule has 0 saturated carbocycles. The van der Waals surface area contributed by atoms with Gasteiger partial charge in [-0.3, -0.25) is 4.79 Å². The second-order valence-corrected chi connectivity index (χ2v) is 5.52. The fraction of sp³-hybridized carbons (Fsp3) is 0.571. The molecule has 114 valence electrons. The highest BCUT2D eigenvalue weighted by Crippen LogP contribution is 2.39. The highest BCUT2D eigenvalue weighted by molar-refractivity contribution is 5.85. The van der Waals surface area contributed by atoms with Crippen LogP contribution in [0.5, 0.6) is 0 Å². The normalized spacial score (nSPS) is 21.6. The summed E-state index contributed by atoms with van der Waals surface area (Å²) < 4.78 is 4.59. The summed E-state index contributed by atoms with van der Waals surface area (Å²) in [5, 5.41) is 9.55. The van der Waals surface area contributed by atoms with Crippen LogP contribution in [0.2, 0.25) is 0 Å². The largest absolute Gasteiger partial charge is 0.481 e. The summed E-state index contributed by atoms with van der Waals surface area (Å²) in [6, 6.07) is 1.67. The van der Waals surface area contributed by atoms with Gasteiger partial charge in [-0.1, -0.05) is 13.8 Å². The van der Waals surface area contributed by atoms with Crippen molar-refractivity contribution >= 4 is 17.8 Å². The van der Waals surface area contributed by atoms with E-state index in [0.29, 0.717) is 25.3 Å². The summed E-state index contributed by atoms with van der Waals surface area (Å²) in [4.78, 5) is 33.0. The Kier molecular flexibility index (Phi) is 4.11. The Morgan fingerprint density at radius 1 is 1.48 bits per heavy atom. The molecule has 1 aromatic heterocycles. The number of ether oxygens (including phenoxy) is 1. The molecule has 21 heavy (non-hydrogen) atoms. The van der Waals surface area contributed by atoms with Crippen LogP contribution in [-0.4, -0.2) is 47.2 Å². The van der Waals surface area contributed by atoms with Gasteiger partial charge in [0.05, 0.1) is 12.5 Å². The van der Waals surface area contributed by atoms with Crippen molar-refractivity contribution in [2.45, 2.75) is 20.3 Å². The monoisotopic (exact) mass is 293 g/mol. The van der Waals surface area contributed by atoms with E-state index in [1.807, 2.05) is 18.7 Å². The Hall–Kier alpha value is -2.18. The van der Waals surface area contributed by atoms with Gasteiger partial charge < -0.3 is 14.7 Å². The number of hydrogen-bond acceptors (Lipinski definition) is 6. The van der Waals surface area contributed by atoms with Gasteiger partial charge >= 0.3 is 11.9 Å². The van der Waals surface area contributed by atoms with Crippen molar-refractivity contribution in [3.05, 3.63) is 18.1 Å². The molecule has 0 amide bonds. The van der Waals surface area contributed by atoms with E-state index in [2.05, 4.69) is 14.7 Å². The predicted molar refractivity (Wildman–Crippen MR) is 75.1 cm³/mol. The summed E-state index contributed by atoms with van der Waals surface area (Å²) in [7, 11) is 1.27. The van der Waals surface area contributed by atoms with Crippen LogP contribution in [0.15, 0.2) is 12.3 Å². The van der Waals surface area contributed by atoms with Gasteiger partial charge in [-0.25, -0.2) is 14.8 Å². The molecule has 2 rings (SSSR count). The number of carboxylic acid groups (broad SMARTS) is 1. The van der Waals surface area contributed by atoms with Gasteiger partial charge in [0, 0.05) is 19.3 Å². The van der Waals surface area contributed by atoms with Gasteiger partial charge in [0.1, 0.15) is 5.82 Å². The van der Waals surface area contributed by atoms with E-state index in [4.69, 9.17) is 0 Å². The van der Waals surface area contributed by atoms with Crippen molar-refractivity contribution in [2.75, 3.05) is 25.1 Å². The zero-order valence-corrected chi connectivity index (χ0v) is 12.4. The van der Waals surface area contributed by atoms with Gasteiger partial charge in [-0.05, 0) is 18.4 Å². The molecule has 1 N–H and O–H groups in total. The Labute approximate surface area is 123 Å². The molecule has 2 heterocycles. The van der Waals surface area contributed by atoms with Gasteiger partial charge in [0.2, 0.25) is 5.82 Å². The van der Waals surface area contributed by atoms with E-state index in [0.717, 1.165) is 0 Å². The zero-order valence-electron chi connectivity index (χ0n) is 12.4. The lowest BCUT2D eigenvalue weighted by molar-refractivity contribution is -0.150. The fourth-order valence-electron chi connectivity index (χ4n) is 2.64. The van der Waals surface area contributed by atoms with E-state index >= 15 is 0 Å². The summed E-state index contributed by atoms with van der Waals surface area (Å²) in [6.07, 6.45) is 2.03. The second kappa shape index (κ2) is 5.67. The van der Waals surface area contributed by atoms with Crippen LogP contribution in [0, 0.1) is 11.3 Å².